The second kappa shape index (κ2) is 2.97. The smallest absolute Gasteiger partial charge is 0.136 e. The quantitative estimate of drug-likeness (QED) is 0.521. The molecule has 0 aromatic carbocycles. The van der Waals surface area contributed by atoms with Gasteiger partial charge in [-0.05, 0) is 38.0 Å². The fourth-order valence-electron chi connectivity index (χ4n) is 3.26. The van der Waals surface area contributed by atoms with Gasteiger partial charge < -0.3 is 0 Å². The maximum atomic E-state index is 11.7. The monoisotopic (exact) mass is 178 g/mol. The summed E-state index contributed by atoms with van der Waals surface area (Å²) in [6, 6.07) is 0. The number of fused-ring (bicyclic) bond motifs is 1. The first-order valence-electron chi connectivity index (χ1n) is 5.37. The fourth-order valence-corrected chi connectivity index (χ4v) is 3.26. The first kappa shape index (κ1) is 8.98. The van der Waals surface area contributed by atoms with Crippen molar-refractivity contribution in [2.75, 3.05) is 0 Å². The molecule has 1 heteroatoms. The van der Waals surface area contributed by atoms with E-state index in [-0.39, 0.29) is 5.41 Å². The van der Waals surface area contributed by atoms with Crippen molar-refractivity contribution in [1.29, 1.82) is 0 Å². The Kier molecular flexibility index (Phi) is 2.05. The van der Waals surface area contributed by atoms with Gasteiger partial charge >= 0.3 is 0 Å². The number of hydrogen-bond acceptors (Lipinski definition) is 1. The fraction of sp³-hybridized carbons (Fsp3) is 0.750. The molecular formula is C12H18O. The van der Waals surface area contributed by atoms with E-state index in [4.69, 9.17) is 0 Å². The molecule has 0 aromatic heterocycles. The van der Waals surface area contributed by atoms with Crippen LogP contribution < -0.4 is 0 Å². The van der Waals surface area contributed by atoms with Crippen LogP contribution >= 0.6 is 0 Å². The van der Waals surface area contributed by atoms with E-state index >= 15 is 0 Å². The number of rotatable bonds is 0. The molecule has 0 bridgehead atoms. The lowest BCUT2D eigenvalue weighted by molar-refractivity contribution is -0.127. The van der Waals surface area contributed by atoms with Crippen LogP contribution in [0.2, 0.25) is 0 Å². The Bertz CT molecular complexity index is 264. The zero-order valence-corrected chi connectivity index (χ0v) is 8.60. The molecule has 0 amide bonds. The molecule has 0 N–H and O–H groups in total. The van der Waals surface area contributed by atoms with Crippen LogP contribution in [0, 0.1) is 11.3 Å². The van der Waals surface area contributed by atoms with Crippen molar-refractivity contribution in [1.82, 2.24) is 0 Å². The first-order valence-corrected chi connectivity index (χ1v) is 5.37. The van der Waals surface area contributed by atoms with E-state index in [1.54, 1.807) is 0 Å². The number of carbonyl (C=O) groups is 1. The van der Waals surface area contributed by atoms with Crippen LogP contribution in [-0.4, -0.2) is 5.78 Å². The molecule has 2 aliphatic carbocycles. The van der Waals surface area contributed by atoms with Gasteiger partial charge in [-0.25, -0.2) is 0 Å². The van der Waals surface area contributed by atoms with E-state index in [1.807, 2.05) is 0 Å². The summed E-state index contributed by atoms with van der Waals surface area (Å²) in [5, 5.41) is 0. The van der Waals surface area contributed by atoms with Crippen LogP contribution in [-0.2, 0) is 4.79 Å². The Hall–Kier alpha value is -0.590. The minimum Gasteiger partial charge on any atom is -0.299 e. The van der Waals surface area contributed by atoms with Crippen LogP contribution in [0.15, 0.2) is 11.6 Å². The summed E-state index contributed by atoms with van der Waals surface area (Å²) in [5.74, 6) is 0.873. The molecule has 0 aliphatic heterocycles. The molecule has 0 spiro atoms. The average Bonchev–Trinajstić information content (AvgIpc) is 2.43. The number of allylic oxidation sites excluding steroid dienone is 2. The molecule has 0 heterocycles. The second-order valence-corrected chi connectivity index (χ2v) is 4.64. The van der Waals surface area contributed by atoms with Crippen molar-refractivity contribution in [2.45, 2.75) is 46.0 Å². The Labute approximate surface area is 80.2 Å². The third-order valence-electron chi connectivity index (χ3n) is 4.06. The van der Waals surface area contributed by atoms with Crippen molar-refractivity contribution in [2.24, 2.45) is 11.3 Å². The van der Waals surface area contributed by atoms with Crippen molar-refractivity contribution in [3.8, 4) is 0 Å². The summed E-state index contributed by atoms with van der Waals surface area (Å²) in [6.45, 7) is 4.40. The predicted octanol–water partition coefficient (Wildman–Crippen LogP) is 3.10. The number of hydrogen-bond donors (Lipinski definition) is 0. The highest BCUT2D eigenvalue weighted by Crippen LogP contribution is 2.53. The highest BCUT2D eigenvalue weighted by atomic mass is 16.1. The number of Topliss-reactive ketones (excluding diaryl/α,β-unsaturated/α-hetero) is 1. The second-order valence-electron chi connectivity index (χ2n) is 4.64. The van der Waals surface area contributed by atoms with E-state index in [1.165, 1.54) is 12.0 Å². The van der Waals surface area contributed by atoms with E-state index in [2.05, 4.69) is 19.9 Å². The van der Waals surface area contributed by atoms with Crippen molar-refractivity contribution < 1.29 is 4.79 Å². The first-order chi connectivity index (χ1) is 6.18. The summed E-state index contributed by atoms with van der Waals surface area (Å²) in [7, 11) is 0. The summed E-state index contributed by atoms with van der Waals surface area (Å²) in [5.41, 5.74) is 1.77. The van der Waals surface area contributed by atoms with E-state index < -0.39 is 0 Å². The minimum atomic E-state index is 0.240. The van der Waals surface area contributed by atoms with Gasteiger partial charge in [-0.1, -0.05) is 18.6 Å². The molecule has 72 valence electrons. The summed E-state index contributed by atoms with van der Waals surface area (Å²) in [4.78, 5) is 11.7. The number of carbonyl (C=O) groups excluding carboxylic acids is 1. The van der Waals surface area contributed by atoms with Gasteiger partial charge in [0.25, 0.3) is 0 Å². The van der Waals surface area contributed by atoms with Crippen molar-refractivity contribution in [3.63, 3.8) is 0 Å². The SMILES string of the molecule is C/C=C1\CCC2C(=O)CCCC12C. The summed E-state index contributed by atoms with van der Waals surface area (Å²) in [6.07, 6.45) is 7.65. The van der Waals surface area contributed by atoms with E-state index in [9.17, 15) is 4.79 Å². The van der Waals surface area contributed by atoms with Gasteiger partial charge in [-0.2, -0.15) is 0 Å². The summed E-state index contributed by atoms with van der Waals surface area (Å²) < 4.78 is 0. The molecular weight excluding hydrogens is 160 g/mol. The van der Waals surface area contributed by atoms with Crippen molar-refractivity contribution >= 4 is 5.78 Å². The van der Waals surface area contributed by atoms with Crippen LogP contribution in [0.4, 0.5) is 0 Å². The van der Waals surface area contributed by atoms with Gasteiger partial charge in [0.1, 0.15) is 5.78 Å². The van der Waals surface area contributed by atoms with Gasteiger partial charge in [0, 0.05) is 12.3 Å². The normalized spacial score (nSPS) is 42.5. The highest BCUT2D eigenvalue weighted by molar-refractivity contribution is 5.83. The number of ketones is 1. The molecule has 0 radical (unpaired) electrons. The van der Waals surface area contributed by atoms with Crippen molar-refractivity contribution in [3.05, 3.63) is 11.6 Å². The Morgan fingerprint density at radius 3 is 2.92 bits per heavy atom. The van der Waals surface area contributed by atoms with E-state index in [0.717, 1.165) is 25.7 Å². The van der Waals surface area contributed by atoms with Gasteiger partial charge in [0.15, 0.2) is 0 Å². The van der Waals surface area contributed by atoms with Gasteiger partial charge in [-0.3, -0.25) is 4.79 Å². The lowest BCUT2D eigenvalue weighted by atomic mass is 9.67. The summed E-state index contributed by atoms with van der Waals surface area (Å²) >= 11 is 0. The maximum Gasteiger partial charge on any atom is 0.136 e. The Balaban J connectivity index is 2.34. The molecule has 2 rings (SSSR count). The topological polar surface area (TPSA) is 17.1 Å². The minimum absolute atomic E-state index is 0.240. The molecule has 0 saturated heterocycles. The average molecular weight is 178 g/mol. The molecule has 2 saturated carbocycles. The highest BCUT2D eigenvalue weighted by Gasteiger charge is 2.47. The molecule has 2 aliphatic rings. The largest absolute Gasteiger partial charge is 0.299 e. The van der Waals surface area contributed by atoms with Gasteiger partial charge in [0.2, 0.25) is 0 Å². The van der Waals surface area contributed by atoms with Crippen LogP contribution in [0.1, 0.15) is 46.0 Å². The van der Waals surface area contributed by atoms with Crippen LogP contribution in [0.25, 0.3) is 0 Å². The maximum absolute atomic E-state index is 11.7. The molecule has 0 aromatic rings. The Morgan fingerprint density at radius 2 is 2.23 bits per heavy atom. The Morgan fingerprint density at radius 1 is 1.46 bits per heavy atom. The van der Waals surface area contributed by atoms with Crippen LogP contribution in [0.5, 0.6) is 0 Å². The lowest BCUT2D eigenvalue weighted by Crippen LogP contribution is -2.33. The molecule has 1 nitrogen and oxygen atoms in total. The zero-order chi connectivity index (χ0) is 9.47. The van der Waals surface area contributed by atoms with E-state index in [0.29, 0.717) is 11.7 Å². The molecule has 2 unspecified atom stereocenters. The molecule has 2 atom stereocenters. The predicted molar refractivity (Wildman–Crippen MR) is 53.4 cm³/mol. The zero-order valence-electron chi connectivity index (χ0n) is 8.60. The molecule has 2 fully saturated rings. The lowest BCUT2D eigenvalue weighted by Gasteiger charge is -2.36. The third kappa shape index (κ3) is 1.17. The third-order valence-corrected chi connectivity index (χ3v) is 4.06. The standard InChI is InChI=1S/C12H18O/c1-3-9-6-7-10-11(13)5-4-8-12(9,10)2/h3,10H,4-8H2,1-2H3/b9-3+. The molecule has 13 heavy (non-hydrogen) atoms. The van der Waals surface area contributed by atoms with Gasteiger partial charge in [-0.15, -0.1) is 0 Å². The van der Waals surface area contributed by atoms with Crippen LogP contribution in [0.3, 0.4) is 0 Å². The van der Waals surface area contributed by atoms with Gasteiger partial charge in [0.05, 0.1) is 0 Å².